The van der Waals surface area contributed by atoms with Gasteiger partial charge in [0, 0.05) is 12.8 Å². The number of hydrogen-bond acceptors (Lipinski definition) is 7. The average molecular weight is 579 g/mol. The Morgan fingerprint density at radius 3 is 2.02 bits per heavy atom. The largest absolute Gasteiger partial charge is 0.508 e. The molecule has 12 heteroatoms. The molecule has 1 aliphatic rings. The Morgan fingerprint density at radius 2 is 1.44 bits per heavy atom. The molecule has 0 radical (unpaired) electrons. The first-order chi connectivity index (χ1) is 19.5. The molecule has 11 nitrogen and oxygen atoms in total. The van der Waals surface area contributed by atoms with Gasteiger partial charge < -0.3 is 21.5 Å². The second-order valence-electron chi connectivity index (χ2n) is 9.83. The summed E-state index contributed by atoms with van der Waals surface area (Å²) in [5.41, 5.74) is 8.05. The maximum Gasteiger partial charge on any atom is 0.243 e. The van der Waals surface area contributed by atoms with Gasteiger partial charge in [-0.25, -0.2) is 8.42 Å². The van der Waals surface area contributed by atoms with Crippen molar-refractivity contribution in [2.45, 2.75) is 43.0 Å². The molecule has 0 bridgehead atoms. The minimum Gasteiger partial charge on any atom is -0.508 e. The summed E-state index contributed by atoms with van der Waals surface area (Å²) in [6.07, 6.45) is -0.0164. The number of benzene rings is 3. The van der Waals surface area contributed by atoms with Crippen LogP contribution in [0.2, 0.25) is 0 Å². The van der Waals surface area contributed by atoms with Crippen molar-refractivity contribution in [1.29, 1.82) is 0 Å². The summed E-state index contributed by atoms with van der Waals surface area (Å²) in [7, 11) is -3.80. The number of nitrogens with one attached hydrogen (secondary N) is 3. The van der Waals surface area contributed by atoms with Gasteiger partial charge in [0.05, 0.1) is 12.8 Å². The number of carbonyl (C=O) groups excluding carboxylic acids is 4. The number of aromatic hydroxyl groups is 1. The molecule has 214 valence electrons. The molecule has 0 saturated carbocycles. The summed E-state index contributed by atoms with van der Waals surface area (Å²) in [6, 6.07) is 19.4. The molecular formula is C29H30N4O7S. The third-order valence-electron chi connectivity index (χ3n) is 6.69. The van der Waals surface area contributed by atoms with Gasteiger partial charge in [-0.3, -0.25) is 23.9 Å². The van der Waals surface area contributed by atoms with Crippen LogP contribution in [0.3, 0.4) is 0 Å². The number of carbonyl (C=O) groups is 4. The highest BCUT2D eigenvalue weighted by molar-refractivity contribution is 7.90. The number of nitrogens with two attached hydrogens (primary N) is 1. The van der Waals surface area contributed by atoms with Gasteiger partial charge >= 0.3 is 0 Å². The Labute approximate surface area is 237 Å². The van der Waals surface area contributed by atoms with Gasteiger partial charge in [-0.2, -0.15) is 0 Å². The molecule has 4 amide bonds. The summed E-state index contributed by atoms with van der Waals surface area (Å²) < 4.78 is 26.3. The van der Waals surface area contributed by atoms with Crippen molar-refractivity contribution in [2.24, 2.45) is 5.73 Å². The van der Waals surface area contributed by atoms with Gasteiger partial charge in [0.15, 0.2) is 0 Å². The minimum absolute atomic E-state index is 0.0233. The molecule has 0 aliphatic carbocycles. The van der Waals surface area contributed by atoms with Crippen molar-refractivity contribution in [3.05, 3.63) is 101 Å². The number of sulfonamides is 1. The maximum atomic E-state index is 13.3. The van der Waals surface area contributed by atoms with Gasteiger partial charge in [-0.1, -0.05) is 66.7 Å². The van der Waals surface area contributed by atoms with Crippen LogP contribution in [0.15, 0.2) is 78.9 Å². The van der Waals surface area contributed by atoms with Gasteiger partial charge in [-0.05, 0) is 34.4 Å². The van der Waals surface area contributed by atoms with Gasteiger partial charge in [-0.15, -0.1) is 0 Å². The number of phenols is 1. The van der Waals surface area contributed by atoms with Crippen molar-refractivity contribution in [2.75, 3.05) is 0 Å². The number of primary amides is 1. The Kier molecular flexibility index (Phi) is 9.03. The third kappa shape index (κ3) is 7.92. The van der Waals surface area contributed by atoms with Crippen LogP contribution < -0.4 is 21.1 Å². The third-order valence-corrected chi connectivity index (χ3v) is 8.39. The summed E-state index contributed by atoms with van der Waals surface area (Å²) in [4.78, 5) is 50.0. The second-order valence-corrected chi connectivity index (χ2v) is 11.7. The van der Waals surface area contributed by atoms with Crippen molar-refractivity contribution in [1.82, 2.24) is 15.4 Å². The molecule has 4 rings (SSSR count). The lowest BCUT2D eigenvalue weighted by Gasteiger charge is -2.22. The monoisotopic (exact) mass is 578 g/mol. The van der Waals surface area contributed by atoms with Crippen LogP contribution >= 0.6 is 0 Å². The number of phenolic OH excluding ortho intramolecular Hbond substituents is 1. The van der Waals surface area contributed by atoms with Crippen LogP contribution in [-0.4, -0.2) is 49.2 Å². The minimum atomic E-state index is -3.80. The Bertz CT molecular complexity index is 1530. The maximum absolute atomic E-state index is 13.3. The lowest BCUT2D eigenvalue weighted by Crippen LogP contribution is -2.54. The van der Waals surface area contributed by atoms with Crippen molar-refractivity contribution in [3.8, 4) is 5.75 Å². The fourth-order valence-electron chi connectivity index (χ4n) is 4.55. The van der Waals surface area contributed by atoms with Crippen LogP contribution in [-0.2, 0) is 48.5 Å². The van der Waals surface area contributed by atoms with E-state index in [0.29, 0.717) is 16.7 Å². The van der Waals surface area contributed by atoms with Crippen LogP contribution in [0.4, 0.5) is 0 Å². The molecule has 3 atom stereocenters. The topological polar surface area (TPSA) is 185 Å². The molecule has 1 saturated heterocycles. The lowest BCUT2D eigenvalue weighted by molar-refractivity contribution is -0.131. The zero-order chi connectivity index (χ0) is 29.6. The SMILES string of the molecule is NC(=O)[C@H](Cc1ccc(C2CC(=O)NS2(=O)=O)cc1)NC(=O)[C@H](Cc1ccccc1)NC(=O)Cc1ccc(O)cc1. The lowest BCUT2D eigenvalue weighted by atomic mass is 10.0. The van der Waals surface area contributed by atoms with Gasteiger partial charge in [0.25, 0.3) is 0 Å². The van der Waals surface area contributed by atoms with E-state index in [-0.39, 0.29) is 31.4 Å². The van der Waals surface area contributed by atoms with E-state index in [9.17, 15) is 32.7 Å². The molecule has 1 unspecified atom stereocenters. The number of amides is 4. The van der Waals surface area contributed by atoms with Crippen molar-refractivity contribution >= 4 is 33.7 Å². The molecule has 3 aromatic carbocycles. The zero-order valence-corrected chi connectivity index (χ0v) is 22.8. The van der Waals surface area contributed by atoms with Crippen molar-refractivity contribution < 1.29 is 32.7 Å². The number of rotatable bonds is 11. The molecule has 0 aromatic heterocycles. The van der Waals surface area contributed by atoms with Gasteiger partial charge in [0.1, 0.15) is 23.1 Å². The average Bonchev–Trinajstić information content (AvgIpc) is 3.21. The van der Waals surface area contributed by atoms with Crippen LogP contribution in [0.1, 0.15) is 33.9 Å². The molecular weight excluding hydrogens is 548 g/mol. The van der Waals surface area contributed by atoms with E-state index < -0.39 is 51.0 Å². The van der Waals surface area contributed by atoms with E-state index in [0.717, 1.165) is 5.56 Å². The quantitative estimate of drug-likeness (QED) is 0.222. The van der Waals surface area contributed by atoms with E-state index in [1.807, 2.05) is 22.9 Å². The first-order valence-electron chi connectivity index (χ1n) is 12.8. The molecule has 1 aliphatic heterocycles. The van der Waals surface area contributed by atoms with Gasteiger partial charge in [0.2, 0.25) is 33.7 Å². The van der Waals surface area contributed by atoms with Crippen LogP contribution in [0.5, 0.6) is 5.75 Å². The highest BCUT2D eigenvalue weighted by atomic mass is 32.2. The van der Waals surface area contributed by atoms with E-state index in [2.05, 4.69) is 10.6 Å². The predicted molar refractivity (Wildman–Crippen MR) is 150 cm³/mol. The van der Waals surface area contributed by atoms with E-state index in [1.54, 1.807) is 48.5 Å². The zero-order valence-electron chi connectivity index (χ0n) is 21.9. The standard InChI is InChI=1S/C29H30N4O7S/c30-28(37)23(14-19-6-10-21(11-7-19)25-17-27(36)33-41(25,39)40)32-29(38)24(15-18-4-2-1-3-5-18)31-26(35)16-20-8-12-22(34)13-9-20/h1-13,23-25,34H,14-17H2,(H2,30,37)(H,31,35)(H,32,38)(H,33,36)/t23-,24-,25?/m0/s1. The normalized spacial score (nSPS) is 17.2. The molecule has 1 fully saturated rings. The van der Waals surface area contributed by atoms with Crippen molar-refractivity contribution in [3.63, 3.8) is 0 Å². The second kappa shape index (κ2) is 12.6. The molecule has 41 heavy (non-hydrogen) atoms. The van der Waals surface area contributed by atoms with Crippen LogP contribution in [0.25, 0.3) is 0 Å². The smallest absolute Gasteiger partial charge is 0.243 e. The Morgan fingerprint density at radius 1 is 0.854 bits per heavy atom. The predicted octanol–water partition coefficient (Wildman–Crippen LogP) is 0.766. The van der Waals surface area contributed by atoms with E-state index >= 15 is 0 Å². The molecule has 0 spiro atoms. The fourth-order valence-corrected chi connectivity index (χ4v) is 5.98. The van der Waals surface area contributed by atoms with E-state index in [4.69, 9.17) is 5.73 Å². The highest BCUT2D eigenvalue weighted by Gasteiger charge is 2.37. The summed E-state index contributed by atoms with van der Waals surface area (Å²) >= 11 is 0. The summed E-state index contributed by atoms with van der Waals surface area (Å²) in [5, 5.41) is 13.8. The first kappa shape index (κ1) is 29.3. The highest BCUT2D eigenvalue weighted by Crippen LogP contribution is 2.30. The summed E-state index contributed by atoms with van der Waals surface area (Å²) in [6.45, 7) is 0. The fraction of sp³-hybridized carbons (Fsp3) is 0.241. The van der Waals surface area contributed by atoms with Crippen LogP contribution in [0, 0.1) is 0 Å². The number of hydrogen-bond donors (Lipinski definition) is 5. The van der Waals surface area contributed by atoms with E-state index in [1.165, 1.54) is 12.1 Å². The summed E-state index contributed by atoms with van der Waals surface area (Å²) in [5.74, 6) is -2.32. The Hall–Kier alpha value is -4.71. The molecule has 3 aromatic rings. The molecule has 6 N–H and O–H groups in total. The molecule has 1 heterocycles. The Balaban J connectivity index is 1.45. The first-order valence-corrected chi connectivity index (χ1v) is 14.4.